The lowest BCUT2D eigenvalue weighted by molar-refractivity contribution is -0.119. The van der Waals surface area contributed by atoms with E-state index in [9.17, 15) is 14.0 Å². The third-order valence-corrected chi connectivity index (χ3v) is 4.11. The molecule has 7 nitrogen and oxygen atoms in total. The molecule has 1 amide bonds. The number of benzene rings is 2. The van der Waals surface area contributed by atoms with Crippen molar-refractivity contribution in [1.29, 1.82) is 0 Å². The van der Waals surface area contributed by atoms with Crippen LogP contribution >= 0.6 is 0 Å². The zero-order valence-corrected chi connectivity index (χ0v) is 17.1. The van der Waals surface area contributed by atoms with Crippen LogP contribution in [0.15, 0.2) is 59.0 Å². The maximum atomic E-state index is 13.8. The van der Waals surface area contributed by atoms with Crippen LogP contribution in [0.3, 0.4) is 0 Å². The van der Waals surface area contributed by atoms with Gasteiger partial charge in [-0.15, -0.1) is 0 Å². The summed E-state index contributed by atoms with van der Waals surface area (Å²) in [5.74, 6) is -0.732. The van der Waals surface area contributed by atoms with E-state index >= 15 is 0 Å². The first-order valence-corrected chi connectivity index (χ1v) is 9.73. The van der Waals surface area contributed by atoms with Crippen LogP contribution in [0.1, 0.15) is 24.4 Å². The average molecular weight is 427 g/mol. The summed E-state index contributed by atoms with van der Waals surface area (Å²) < 4.78 is 35.2. The van der Waals surface area contributed by atoms with E-state index in [1.54, 1.807) is 30.3 Å². The van der Waals surface area contributed by atoms with Crippen LogP contribution in [-0.4, -0.2) is 31.7 Å². The average Bonchev–Trinajstić information content (AvgIpc) is 3.25. The highest BCUT2D eigenvalue weighted by molar-refractivity contribution is 5.95. The summed E-state index contributed by atoms with van der Waals surface area (Å²) in [4.78, 5) is 24.3. The van der Waals surface area contributed by atoms with Gasteiger partial charge in [-0.2, -0.15) is 0 Å². The monoisotopic (exact) mass is 427 g/mol. The van der Waals surface area contributed by atoms with Crippen molar-refractivity contribution in [3.05, 3.63) is 66.2 Å². The molecule has 1 heterocycles. The van der Waals surface area contributed by atoms with Crippen LogP contribution in [-0.2, 0) is 9.53 Å². The fraction of sp³-hybridized carbons (Fsp3) is 0.217. The molecule has 3 aromatic rings. The molecule has 1 N–H and O–H groups in total. The molecular weight excluding hydrogens is 405 g/mol. The van der Waals surface area contributed by atoms with Crippen LogP contribution in [0.5, 0.6) is 11.5 Å². The van der Waals surface area contributed by atoms with Gasteiger partial charge in [0.15, 0.2) is 18.1 Å². The molecule has 0 spiro atoms. The third-order valence-electron chi connectivity index (χ3n) is 4.11. The van der Waals surface area contributed by atoms with Crippen LogP contribution < -0.4 is 14.8 Å². The highest BCUT2D eigenvalue weighted by atomic mass is 19.1. The first-order valence-electron chi connectivity index (χ1n) is 9.73. The SMILES string of the molecule is CCOc1ccc(NC(=O)COC(=O)c2ccc(-c3ccccc3F)o2)cc1OCC. The van der Waals surface area contributed by atoms with Gasteiger partial charge in [0.1, 0.15) is 11.6 Å². The lowest BCUT2D eigenvalue weighted by Crippen LogP contribution is -2.20. The normalized spacial score (nSPS) is 10.4. The quantitative estimate of drug-likeness (QED) is 0.499. The first-order chi connectivity index (χ1) is 15.0. The Morgan fingerprint density at radius 3 is 2.45 bits per heavy atom. The van der Waals surface area contributed by atoms with Crippen molar-refractivity contribution in [2.24, 2.45) is 0 Å². The Kier molecular flexibility index (Phi) is 7.26. The second kappa shape index (κ2) is 10.3. The van der Waals surface area contributed by atoms with E-state index in [0.717, 1.165) is 0 Å². The largest absolute Gasteiger partial charge is 0.490 e. The van der Waals surface area contributed by atoms with E-state index in [2.05, 4.69) is 5.32 Å². The minimum atomic E-state index is -0.834. The lowest BCUT2D eigenvalue weighted by atomic mass is 10.1. The van der Waals surface area contributed by atoms with E-state index in [0.29, 0.717) is 30.4 Å². The molecule has 3 rings (SSSR count). The molecule has 0 aliphatic carbocycles. The number of nitrogens with one attached hydrogen (secondary N) is 1. The van der Waals surface area contributed by atoms with Crippen LogP contribution in [0.2, 0.25) is 0 Å². The zero-order chi connectivity index (χ0) is 22.2. The minimum Gasteiger partial charge on any atom is -0.490 e. The van der Waals surface area contributed by atoms with Gasteiger partial charge in [0, 0.05) is 11.8 Å². The number of ether oxygens (including phenoxy) is 3. The maximum absolute atomic E-state index is 13.8. The second-order valence-electron chi connectivity index (χ2n) is 6.30. The summed E-state index contributed by atoms with van der Waals surface area (Å²) >= 11 is 0. The Balaban J connectivity index is 1.58. The summed E-state index contributed by atoms with van der Waals surface area (Å²) in [6.45, 7) is 4.09. The zero-order valence-electron chi connectivity index (χ0n) is 17.1. The van der Waals surface area contributed by atoms with Crippen molar-refractivity contribution in [3.8, 4) is 22.8 Å². The Morgan fingerprint density at radius 2 is 1.71 bits per heavy atom. The van der Waals surface area contributed by atoms with Gasteiger partial charge >= 0.3 is 5.97 Å². The van der Waals surface area contributed by atoms with Crippen molar-refractivity contribution in [1.82, 2.24) is 0 Å². The van der Waals surface area contributed by atoms with Gasteiger partial charge in [-0.05, 0) is 50.2 Å². The molecule has 162 valence electrons. The molecule has 2 aromatic carbocycles. The highest BCUT2D eigenvalue weighted by Gasteiger charge is 2.17. The van der Waals surface area contributed by atoms with Crippen molar-refractivity contribution in [2.45, 2.75) is 13.8 Å². The van der Waals surface area contributed by atoms with Gasteiger partial charge in [-0.25, -0.2) is 9.18 Å². The smallest absolute Gasteiger partial charge is 0.374 e. The third kappa shape index (κ3) is 5.63. The molecule has 0 aliphatic rings. The number of hydrogen-bond acceptors (Lipinski definition) is 6. The number of furan rings is 1. The number of rotatable bonds is 9. The molecule has 0 atom stereocenters. The van der Waals surface area contributed by atoms with E-state index in [1.165, 1.54) is 24.3 Å². The van der Waals surface area contributed by atoms with Crippen molar-refractivity contribution in [3.63, 3.8) is 0 Å². The molecule has 1 aromatic heterocycles. The number of anilines is 1. The summed E-state index contributed by atoms with van der Waals surface area (Å²) in [7, 11) is 0. The first kappa shape index (κ1) is 21.9. The van der Waals surface area contributed by atoms with Gasteiger partial charge in [-0.1, -0.05) is 12.1 Å². The Labute approximate surface area is 178 Å². The maximum Gasteiger partial charge on any atom is 0.374 e. The molecule has 31 heavy (non-hydrogen) atoms. The Bertz CT molecular complexity index is 1060. The van der Waals surface area contributed by atoms with Crippen molar-refractivity contribution in [2.75, 3.05) is 25.1 Å². The summed E-state index contributed by atoms with van der Waals surface area (Å²) in [5, 5.41) is 2.62. The molecule has 0 radical (unpaired) electrons. The fourth-order valence-electron chi connectivity index (χ4n) is 2.78. The van der Waals surface area contributed by atoms with Crippen LogP contribution in [0.25, 0.3) is 11.3 Å². The van der Waals surface area contributed by atoms with Gasteiger partial charge < -0.3 is 23.9 Å². The van der Waals surface area contributed by atoms with Gasteiger partial charge in [0.25, 0.3) is 5.91 Å². The number of hydrogen-bond donors (Lipinski definition) is 1. The summed E-state index contributed by atoms with van der Waals surface area (Å²) in [6.07, 6.45) is 0. The number of carbonyl (C=O) groups is 2. The van der Waals surface area contributed by atoms with E-state index < -0.39 is 24.3 Å². The summed E-state index contributed by atoms with van der Waals surface area (Å²) in [6, 6.07) is 13.8. The standard InChI is InChI=1S/C23H22FNO6/c1-3-28-19-10-9-15(13-21(19)29-4-2)25-22(26)14-30-23(27)20-12-11-18(31-20)16-7-5-6-8-17(16)24/h5-13H,3-4,14H2,1-2H3,(H,25,26). The summed E-state index contributed by atoms with van der Waals surface area (Å²) in [5.41, 5.74) is 0.688. The number of amides is 1. The molecule has 0 unspecified atom stereocenters. The molecule has 0 saturated carbocycles. The van der Waals surface area contributed by atoms with Gasteiger partial charge in [-0.3, -0.25) is 4.79 Å². The lowest BCUT2D eigenvalue weighted by Gasteiger charge is -2.13. The molecule has 8 heteroatoms. The predicted molar refractivity (Wildman–Crippen MR) is 112 cm³/mol. The van der Waals surface area contributed by atoms with Crippen molar-refractivity contribution >= 4 is 17.6 Å². The van der Waals surface area contributed by atoms with Gasteiger partial charge in [0.2, 0.25) is 5.76 Å². The Morgan fingerprint density at radius 1 is 0.968 bits per heavy atom. The van der Waals surface area contributed by atoms with E-state index in [1.807, 2.05) is 13.8 Å². The van der Waals surface area contributed by atoms with Crippen LogP contribution in [0, 0.1) is 5.82 Å². The number of esters is 1. The van der Waals surface area contributed by atoms with Gasteiger partial charge in [0.05, 0.1) is 18.8 Å². The van der Waals surface area contributed by atoms with Crippen LogP contribution in [0.4, 0.5) is 10.1 Å². The number of carbonyl (C=O) groups excluding carboxylic acids is 2. The predicted octanol–water partition coefficient (Wildman–Crippen LogP) is 4.68. The fourth-order valence-corrected chi connectivity index (χ4v) is 2.78. The molecule has 0 fully saturated rings. The molecular formula is C23H22FNO6. The molecule has 0 aliphatic heterocycles. The van der Waals surface area contributed by atoms with E-state index in [-0.39, 0.29) is 17.1 Å². The molecule has 0 saturated heterocycles. The number of halogens is 1. The molecule has 0 bridgehead atoms. The minimum absolute atomic E-state index is 0.134. The van der Waals surface area contributed by atoms with Crippen molar-refractivity contribution < 1.29 is 32.6 Å². The second-order valence-corrected chi connectivity index (χ2v) is 6.30. The van der Waals surface area contributed by atoms with E-state index in [4.69, 9.17) is 18.6 Å². The topological polar surface area (TPSA) is 87.0 Å². The Hall–Kier alpha value is -3.81. The highest BCUT2D eigenvalue weighted by Crippen LogP contribution is 2.30.